The van der Waals surface area contributed by atoms with Crippen molar-refractivity contribution >= 4 is 31.6 Å². The number of sulfonamides is 1. The summed E-state index contributed by atoms with van der Waals surface area (Å²) in [6.07, 6.45) is 2.22. The summed E-state index contributed by atoms with van der Waals surface area (Å²) in [6, 6.07) is 4.82. The predicted octanol–water partition coefficient (Wildman–Crippen LogP) is 1.72. The molecular weight excluding hydrogens is 292 g/mol. The smallest absolute Gasteiger partial charge is 0.242 e. The molecule has 0 heterocycles. The normalized spacial score (nSPS) is 16.3. The molecule has 1 fully saturated rings. The molecule has 0 amide bonds. The third-order valence-corrected chi connectivity index (χ3v) is 4.50. The third kappa shape index (κ3) is 2.75. The Labute approximate surface area is 103 Å². The number of hydrogen-bond acceptors (Lipinski definition) is 3. The van der Waals surface area contributed by atoms with Crippen LogP contribution in [0.3, 0.4) is 0 Å². The summed E-state index contributed by atoms with van der Waals surface area (Å²) >= 11 is 3.23. The molecule has 1 aromatic rings. The summed E-state index contributed by atoms with van der Waals surface area (Å²) < 4.78 is 27.1. The fourth-order valence-corrected chi connectivity index (χ4v) is 3.15. The van der Waals surface area contributed by atoms with Gasteiger partial charge in [-0.05, 0) is 37.0 Å². The molecule has 16 heavy (non-hydrogen) atoms. The standard InChI is InChI=1S/C10H13BrN2O2S/c11-8-3-4-9(12)10(5-8)16(14,15)13-6-7-1-2-7/h3-5,7,13H,1-2,6,12H2. The highest BCUT2D eigenvalue weighted by molar-refractivity contribution is 9.10. The van der Waals surface area contributed by atoms with Crippen LogP contribution in [0.4, 0.5) is 5.69 Å². The molecule has 0 aromatic heterocycles. The first-order valence-electron chi connectivity index (χ1n) is 5.04. The highest BCUT2D eigenvalue weighted by atomic mass is 79.9. The average molecular weight is 305 g/mol. The summed E-state index contributed by atoms with van der Waals surface area (Å²) in [5.74, 6) is 0.503. The van der Waals surface area contributed by atoms with Gasteiger partial charge in [-0.1, -0.05) is 15.9 Å². The second-order valence-electron chi connectivity index (χ2n) is 3.98. The minimum atomic E-state index is -3.47. The number of nitrogens with one attached hydrogen (secondary N) is 1. The Balaban J connectivity index is 2.22. The molecule has 0 spiro atoms. The Morgan fingerprint density at radius 3 is 2.75 bits per heavy atom. The molecule has 0 unspecified atom stereocenters. The number of hydrogen-bond donors (Lipinski definition) is 2. The zero-order valence-corrected chi connectivity index (χ0v) is 11.0. The van der Waals surface area contributed by atoms with E-state index < -0.39 is 10.0 Å². The summed E-state index contributed by atoms with van der Waals surface area (Å²) in [5, 5.41) is 0. The lowest BCUT2D eigenvalue weighted by molar-refractivity contribution is 0.578. The summed E-state index contributed by atoms with van der Waals surface area (Å²) in [4.78, 5) is 0.141. The van der Waals surface area contributed by atoms with E-state index in [1.54, 1.807) is 12.1 Å². The lowest BCUT2D eigenvalue weighted by atomic mass is 10.3. The molecule has 4 nitrogen and oxygen atoms in total. The van der Waals surface area contributed by atoms with Crippen LogP contribution < -0.4 is 10.5 Å². The van der Waals surface area contributed by atoms with Crippen LogP contribution in [0, 0.1) is 5.92 Å². The van der Waals surface area contributed by atoms with E-state index in [0.717, 1.165) is 12.8 Å². The summed E-state index contributed by atoms with van der Waals surface area (Å²) in [7, 11) is -3.47. The van der Waals surface area contributed by atoms with Gasteiger partial charge in [0.05, 0.1) is 5.69 Å². The first kappa shape index (κ1) is 11.9. The Morgan fingerprint density at radius 2 is 2.12 bits per heavy atom. The molecule has 1 aromatic carbocycles. The monoisotopic (exact) mass is 304 g/mol. The highest BCUT2D eigenvalue weighted by Gasteiger charge is 2.25. The van der Waals surface area contributed by atoms with Crippen molar-refractivity contribution < 1.29 is 8.42 Å². The van der Waals surface area contributed by atoms with Crippen LogP contribution in [0.5, 0.6) is 0 Å². The Hall–Kier alpha value is -0.590. The molecule has 0 bridgehead atoms. The van der Waals surface area contributed by atoms with Gasteiger partial charge in [0.2, 0.25) is 10.0 Å². The minimum absolute atomic E-state index is 0.141. The van der Waals surface area contributed by atoms with Gasteiger partial charge in [0.15, 0.2) is 0 Å². The molecule has 3 N–H and O–H groups in total. The highest BCUT2D eigenvalue weighted by Crippen LogP contribution is 2.29. The molecule has 1 aliphatic carbocycles. The molecule has 0 aliphatic heterocycles. The zero-order chi connectivity index (χ0) is 11.8. The van der Waals surface area contributed by atoms with Crippen molar-refractivity contribution in [1.82, 2.24) is 4.72 Å². The van der Waals surface area contributed by atoms with E-state index in [1.165, 1.54) is 6.07 Å². The van der Waals surface area contributed by atoms with Gasteiger partial charge in [-0.15, -0.1) is 0 Å². The molecule has 6 heteroatoms. The lowest BCUT2D eigenvalue weighted by Gasteiger charge is -2.08. The van der Waals surface area contributed by atoms with E-state index in [4.69, 9.17) is 5.73 Å². The maximum atomic E-state index is 11.9. The number of nitrogens with two attached hydrogens (primary N) is 1. The fourth-order valence-electron chi connectivity index (χ4n) is 1.37. The van der Waals surface area contributed by atoms with Crippen LogP contribution in [0.25, 0.3) is 0 Å². The van der Waals surface area contributed by atoms with E-state index in [9.17, 15) is 8.42 Å². The van der Waals surface area contributed by atoms with Crippen LogP contribution in [0.1, 0.15) is 12.8 Å². The second kappa shape index (κ2) is 4.35. The van der Waals surface area contributed by atoms with E-state index in [1.807, 2.05) is 0 Å². The van der Waals surface area contributed by atoms with Crippen LogP contribution in [0.15, 0.2) is 27.6 Å². The van der Waals surface area contributed by atoms with Crippen molar-refractivity contribution in [1.29, 1.82) is 0 Å². The SMILES string of the molecule is Nc1ccc(Br)cc1S(=O)(=O)NCC1CC1. The second-order valence-corrected chi connectivity index (χ2v) is 6.63. The average Bonchev–Trinajstić information content (AvgIpc) is 3.02. The summed E-state index contributed by atoms with van der Waals surface area (Å²) in [5.41, 5.74) is 5.93. The van der Waals surface area contributed by atoms with Crippen molar-refractivity contribution in [3.8, 4) is 0 Å². The topological polar surface area (TPSA) is 72.2 Å². The quantitative estimate of drug-likeness (QED) is 0.832. The van der Waals surface area contributed by atoms with Gasteiger partial charge in [0, 0.05) is 11.0 Å². The van der Waals surface area contributed by atoms with Crippen LogP contribution in [0.2, 0.25) is 0 Å². The van der Waals surface area contributed by atoms with Gasteiger partial charge in [-0.2, -0.15) is 0 Å². The Bertz CT molecular complexity index is 498. The molecule has 1 saturated carbocycles. The largest absolute Gasteiger partial charge is 0.398 e. The maximum absolute atomic E-state index is 11.9. The van der Waals surface area contributed by atoms with E-state index in [2.05, 4.69) is 20.7 Å². The number of halogens is 1. The van der Waals surface area contributed by atoms with Crippen molar-refractivity contribution in [3.63, 3.8) is 0 Å². The molecular formula is C10H13BrN2O2S. The maximum Gasteiger partial charge on any atom is 0.242 e. The van der Waals surface area contributed by atoms with E-state index in [-0.39, 0.29) is 10.6 Å². The van der Waals surface area contributed by atoms with Crippen LogP contribution >= 0.6 is 15.9 Å². The van der Waals surface area contributed by atoms with Crippen LogP contribution in [-0.4, -0.2) is 15.0 Å². The van der Waals surface area contributed by atoms with Crippen molar-refractivity contribution in [2.45, 2.75) is 17.7 Å². The summed E-state index contributed by atoms with van der Waals surface area (Å²) in [6.45, 7) is 0.508. The zero-order valence-electron chi connectivity index (χ0n) is 8.61. The predicted molar refractivity (Wildman–Crippen MR) is 66.5 cm³/mol. The number of anilines is 1. The molecule has 0 atom stereocenters. The Kier molecular flexibility index (Phi) is 3.23. The number of benzene rings is 1. The first-order chi connectivity index (χ1) is 7.49. The minimum Gasteiger partial charge on any atom is -0.398 e. The van der Waals surface area contributed by atoms with Gasteiger partial charge in [0.1, 0.15) is 4.90 Å². The molecule has 0 saturated heterocycles. The van der Waals surface area contributed by atoms with Gasteiger partial charge < -0.3 is 5.73 Å². The molecule has 1 aliphatic rings. The van der Waals surface area contributed by atoms with E-state index >= 15 is 0 Å². The van der Waals surface area contributed by atoms with Crippen LogP contribution in [-0.2, 0) is 10.0 Å². The molecule has 0 radical (unpaired) electrons. The van der Waals surface area contributed by atoms with Crippen molar-refractivity contribution in [2.24, 2.45) is 5.92 Å². The first-order valence-corrected chi connectivity index (χ1v) is 7.31. The van der Waals surface area contributed by atoms with Gasteiger partial charge in [-0.3, -0.25) is 0 Å². The van der Waals surface area contributed by atoms with Gasteiger partial charge in [-0.25, -0.2) is 13.1 Å². The van der Waals surface area contributed by atoms with Crippen molar-refractivity contribution in [2.75, 3.05) is 12.3 Å². The molecule has 2 rings (SSSR count). The Morgan fingerprint density at radius 1 is 1.44 bits per heavy atom. The number of nitrogen functional groups attached to an aromatic ring is 1. The van der Waals surface area contributed by atoms with E-state index in [0.29, 0.717) is 16.9 Å². The van der Waals surface area contributed by atoms with Gasteiger partial charge in [0.25, 0.3) is 0 Å². The van der Waals surface area contributed by atoms with Gasteiger partial charge >= 0.3 is 0 Å². The molecule has 88 valence electrons. The van der Waals surface area contributed by atoms with Crippen molar-refractivity contribution in [3.05, 3.63) is 22.7 Å². The lowest BCUT2D eigenvalue weighted by Crippen LogP contribution is -2.26. The number of rotatable bonds is 4. The third-order valence-electron chi connectivity index (χ3n) is 2.52. The fraction of sp³-hybridized carbons (Fsp3) is 0.400.